The van der Waals surface area contributed by atoms with Crippen LogP contribution < -0.4 is 0 Å². The van der Waals surface area contributed by atoms with Gasteiger partial charge in [-0.25, -0.2) is 0 Å². The van der Waals surface area contributed by atoms with Crippen molar-refractivity contribution in [1.82, 2.24) is 19.7 Å². The van der Waals surface area contributed by atoms with E-state index in [9.17, 15) is 0 Å². The van der Waals surface area contributed by atoms with E-state index in [-0.39, 0.29) is 0 Å². The largest absolute Gasteiger partial charge is 0.273 e. The molecule has 2 aromatic heterocycles. The average Bonchev–Trinajstić information content (AvgIpc) is 3.09. The van der Waals surface area contributed by atoms with Crippen LogP contribution in [0.4, 0.5) is 0 Å². The second-order valence-corrected chi connectivity index (χ2v) is 5.13. The molecule has 0 saturated heterocycles. The van der Waals surface area contributed by atoms with Gasteiger partial charge in [0.1, 0.15) is 0 Å². The van der Waals surface area contributed by atoms with Gasteiger partial charge in [-0.3, -0.25) is 9.55 Å². The lowest BCUT2D eigenvalue weighted by molar-refractivity contribution is 1.05. The van der Waals surface area contributed by atoms with Crippen LogP contribution in [0.2, 0.25) is 0 Å². The van der Waals surface area contributed by atoms with Crippen LogP contribution in [0.3, 0.4) is 0 Å². The standard InChI is InChI=1S/C19H14N4/c1-3-8-15(9-4-1)18-21-22-19(16-10-5-2-6-11-16)23(18)17-12-7-13-20-14-17/h1-14H. The molecule has 2 aromatic carbocycles. The third-order valence-electron chi connectivity index (χ3n) is 3.63. The molecular formula is C19H14N4. The molecule has 4 nitrogen and oxygen atoms in total. The van der Waals surface area contributed by atoms with Crippen molar-refractivity contribution in [1.29, 1.82) is 0 Å². The highest BCUT2D eigenvalue weighted by Gasteiger charge is 2.16. The van der Waals surface area contributed by atoms with E-state index in [0.29, 0.717) is 0 Å². The Kier molecular flexibility index (Phi) is 3.41. The summed E-state index contributed by atoms with van der Waals surface area (Å²) in [6, 6.07) is 24.0. The Hall–Kier alpha value is -3.27. The molecule has 0 amide bonds. The number of rotatable bonds is 3. The molecule has 2 heterocycles. The highest BCUT2D eigenvalue weighted by Crippen LogP contribution is 2.27. The summed E-state index contributed by atoms with van der Waals surface area (Å²) in [6.07, 6.45) is 3.58. The number of hydrogen-bond donors (Lipinski definition) is 0. The van der Waals surface area contributed by atoms with Crippen LogP contribution in [0.15, 0.2) is 85.2 Å². The zero-order valence-corrected chi connectivity index (χ0v) is 12.4. The minimum absolute atomic E-state index is 0.803. The van der Waals surface area contributed by atoms with Crippen LogP contribution >= 0.6 is 0 Å². The van der Waals surface area contributed by atoms with Gasteiger partial charge < -0.3 is 0 Å². The molecule has 0 bridgehead atoms. The van der Waals surface area contributed by atoms with Crippen LogP contribution in [-0.4, -0.2) is 19.7 Å². The van der Waals surface area contributed by atoms with Crippen molar-refractivity contribution in [2.75, 3.05) is 0 Å². The van der Waals surface area contributed by atoms with Crippen molar-refractivity contribution in [2.24, 2.45) is 0 Å². The smallest absolute Gasteiger partial charge is 0.168 e. The molecule has 0 unspecified atom stereocenters. The Morgan fingerprint density at radius 1 is 0.609 bits per heavy atom. The lowest BCUT2D eigenvalue weighted by Crippen LogP contribution is -2.00. The molecule has 4 heteroatoms. The first kappa shape index (κ1) is 13.4. The van der Waals surface area contributed by atoms with E-state index < -0.39 is 0 Å². The Bertz CT molecular complexity index is 843. The first-order valence-corrected chi connectivity index (χ1v) is 7.40. The van der Waals surface area contributed by atoms with E-state index in [4.69, 9.17) is 0 Å². The van der Waals surface area contributed by atoms with Crippen LogP contribution in [0.25, 0.3) is 28.5 Å². The maximum atomic E-state index is 4.42. The lowest BCUT2D eigenvalue weighted by Gasteiger charge is -2.10. The summed E-state index contributed by atoms with van der Waals surface area (Å²) in [4.78, 5) is 4.23. The van der Waals surface area contributed by atoms with E-state index >= 15 is 0 Å². The van der Waals surface area contributed by atoms with Gasteiger partial charge in [-0.1, -0.05) is 60.7 Å². The molecule has 0 spiro atoms. The molecule has 4 aromatic rings. The fraction of sp³-hybridized carbons (Fsp3) is 0. The highest BCUT2D eigenvalue weighted by molar-refractivity contribution is 5.66. The second kappa shape index (κ2) is 5.85. The second-order valence-electron chi connectivity index (χ2n) is 5.13. The average molecular weight is 298 g/mol. The zero-order valence-electron chi connectivity index (χ0n) is 12.4. The predicted molar refractivity (Wildman–Crippen MR) is 90.0 cm³/mol. The van der Waals surface area contributed by atoms with Gasteiger partial charge in [-0.05, 0) is 12.1 Å². The summed E-state index contributed by atoms with van der Waals surface area (Å²) in [5.74, 6) is 1.61. The fourth-order valence-electron chi connectivity index (χ4n) is 2.56. The molecule has 0 saturated carbocycles. The highest BCUT2D eigenvalue weighted by atomic mass is 15.3. The molecule has 0 aliphatic carbocycles. The van der Waals surface area contributed by atoms with Crippen molar-refractivity contribution in [3.8, 4) is 28.5 Å². The molecule has 4 rings (SSSR count). The Balaban J connectivity index is 1.97. The number of hydrogen-bond acceptors (Lipinski definition) is 3. The minimum atomic E-state index is 0.803. The van der Waals surface area contributed by atoms with Crippen LogP contribution in [0, 0.1) is 0 Å². The molecule has 0 N–H and O–H groups in total. The first-order valence-electron chi connectivity index (χ1n) is 7.40. The molecule has 23 heavy (non-hydrogen) atoms. The SMILES string of the molecule is c1ccc(-c2nnc(-c3ccccc3)n2-c2cccnc2)cc1. The molecule has 0 aliphatic rings. The van der Waals surface area contributed by atoms with E-state index in [1.807, 2.05) is 83.6 Å². The summed E-state index contributed by atoms with van der Waals surface area (Å²) in [5.41, 5.74) is 2.98. The molecule has 0 aliphatic heterocycles. The Labute approximate surface area is 134 Å². The maximum absolute atomic E-state index is 4.42. The van der Waals surface area contributed by atoms with E-state index in [2.05, 4.69) is 15.2 Å². The number of aromatic nitrogens is 4. The summed E-state index contributed by atoms with van der Waals surface area (Å²) in [5, 5.41) is 8.85. The summed E-state index contributed by atoms with van der Waals surface area (Å²) in [7, 11) is 0. The molecule has 0 radical (unpaired) electrons. The van der Waals surface area contributed by atoms with Gasteiger partial charge in [0.05, 0.1) is 11.9 Å². The van der Waals surface area contributed by atoms with Crippen molar-refractivity contribution in [3.63, 3.8) is 0 Å². The number of benzene rings is 2. The third-order valence-corrected chi connectivity index (χ3v) is 3.63. The Morgan fingerprint density at radius 3 is 1.65 bits per heavy atom. The predicted octanol–water partition coefficient (Wildman–Crippen LogP) is 4.00. The van der Waals surface area contributed by atoms with Crippen molar-refractivity contribution < 1.29 is 0 Å². The third kappa shape index (κ3) is 2.51. The van der Waals surface area contributed by atoms with Gasteiger partial charge in [-0.2, -0.15) is 0 Å². The van der Waals surface area contributed by atoms with Crippen LogP contribution in [0.1, 0.15) is 0 Å². The minimum Gasteiger partial charge on any atom is -0.273 e. The summed E-state index contributed by atoms with van der Waals surface area (Å²) in [6.45, 7) is 0. The summed E-state index contributed by atoms with van der Waals surface area (Å²) >= 11 is 0. The van der Waals surface area contributed by atoms with Gasteiger partial charge >= 0.3 is 0 Å². The molecule has 0 fully saturated rings. The van der Waals surface area contributed by atoms with Crippen molar-refractivity contribution in [2.45, 2.75) is 0 Å². The molecular weight excluding hydrogens is 284 g/mol. The van der Waals surface area contributed by atoms with Crippen molar-refractivity contribution in [3.05, 3.63) is 85.2 Å². The summed E-state index contributed by atoms with van der Waals surface area (Å²) < 4.78 is 2.04. The first-order chi connectivity index (χ1) is 11.4. The van der Waals surface area contributed by atoms with Gasteiger partial charge in [0.2, 0.25) is 0 Å². The van der Waals surface area contributed by atoms with Gasteiger partial charge in [0, 0.05) is 17.3 Å². The molecule has 110 valence electrons. The monoisotopic (exact) mass is 298 g/mol. The van der Waals surface area contributed by atoms with E-state index in [1.165, 1.54) is 0 Å². The van der Waals surface area contributed by atoms with Gasteiger partial charge in [0.25, 0.3) is 0 Å². The fourth-order valence-corrected chi connectivity index (χ4v) is 2.56. The lowest BCUT2D eigenvalue weighted by atomic mass is 10.2. The van der Waals surface area contributed by atoms with Gasteiger partial charge in [-0.15, -0.1) is 10.2 Å². The van der Waals surface area contributed by atoms with E-state index in [0.717, 1.165) is 28.5 Å². The number of nitrogens with zero attached hydrogens (tertiary/aromatic N) is 4. The van der Waals surface area contributed by atoms with Crippen LogP contribution in [-0.2, 0) is 0 Å². The topological polar surface area (TPSA) is 43.6 Å². The van der Waals surface area contributed by atoms with Crippen LogP contribution in [0.5, 0.6) is 0 Å². The van der Waals surface area contributed by atoms with Gasteiger partial charge in [0.15, 0.2) is 11.6 Å². The van der Waals surface area contributed by atoms with E-state index in [1.54, 1.807) is 6.20 Å². The molecule has 0 atom stereocenters. The Morgan fingerprint density at radius 2 is 1.17 bits per heavy atom. The van der Waals surface area contributed by atoms with Crippen molar-refractivity contribution >= 4 is 0 Å². The number of pyridine rings is 1. The normalized spacial score (nSPS) is 10.6. The maximum Gasteiger partial charge on any atom is 0.168 e. The zero-order chi connectivity index (χ0) is 15.5. The quantitative estimate of drug-likeness (QED) is 0.574.